The normalized spacial score (nSPS) is 12.9. The molecule has 0 rings (SSSR count). The molecule has 0 aliphatic rings. The van der Waals surface area contributed by atoms with Crippen molar-refractivity contribution in [3.8, 4) is 0 Å². The first-order valence-corrected chi connectivity index (χ1v) is 5.15. The Labute approximate surface area is 86.2 Å². The Morgan fingerprint density at radius 3 is 2.50 bits per heavy atom. The smallest absolute Gasteiger partial charge is 0.322 e. The molecule has 0 aliphatic heterocycles. The molecule has 0 aromatic rings. The van der Waals surface area contributed by atoms with Gasteiger partial charge < -0.3 is 15.8 Å². The minimum Gasteiger partial charge on any atom is -0.468 e. The molecular formula is C10H22N2O2. The second-order valence-electron chi connectivity index (χ2n) is 3.68. The number of unbranched alkanes of at least 4 members (excludes halogenated alkanes) is 1. The van der Waals surface area contributed by atoms with Gasteiger partial charge in [-0.2, -0.15) is 0 Å². The van der Waals surface area contributed by atoms with E-state index in [4.69, 9.17) is 10.5 Å². The first-order chi connectivity index (χ1) is 6.61. The fourth-order valence-corrected chi connectivity index (χ4v) is 1.31. The number of esters is 1. The number of carbonyl (C=O) groups is 1. The molecule has 0 fully saturated rings. The van der Waals surface area contributed by atoms with Crippen LogP contribution >= 0.6 is 0 Å². The number of nitrogens with two attached hydrogens (primary N) is 1. The quantitative estimate of drug-likeness (QED) is 0.470. The van der Waals surface area contributed by atoms with E-state index in [0.29, 0.717) is 6.54 Å². The second-order valence-corrected chi connectivity index (χ2v) is 3.68. The third-order valence-corrected chi connectivity index (χ3v) is 1.97. The second kappa shape index (κ2) is 7.76. The van der Waals surface area contributed by atoms with E-state index >= 15 is 0 Å². The van der Waals surface area contributed by atoms with Crippen molar-refractivity contribution < 1.29 is 9.53 Å². The van der Waals surface area contributed by atoms with Gasteiger partial charge in [0.05, 0.1) is 7.11 Å². The number of ether oxygens (including phenoxy) is 1. The third-order valence-electron chi connectivity index (χ3n) is 1.97. The Bertz CT molecular complexity index is 160. The summed E-state index contributed by atoms with van der Waals surface area (Å²) in [7, 11) is 1.42. The standard InChI is InChI=1S/C10H22N2O2/c1-8(2)12-9(10(13)14-3)6-4-5-7-11/h8-9,12H,4-7,11H2,1-3H3. The lowest BCUT2D eigenvalue weighted by molar-refractivity contribution is -0.143. The lowest BCUT2D eigenvalue weighted by Crippen LogP contribution is -2.41. The van der Waals surface area contributed by atoms with Crippen LogP contribution in [0.4, 0.5) is 0 Å². The van der Waals surface area contributed by atoms with Crippen LogP contribution in [0, 0.1) is 0 Å². The van der Waals surface area contributed by atoms with E-state index < -0.39 is 0 Å². The summed E-state index contributed by atoms with van der Waals surface area (Å²) >= 11 is 0. The van der Waals surface area contributed by atoms with Crippen LogP contribution in [0.1, 0.15) is 33.1 Å². The Kier molecular flexibility index (Phi) is 7.42. The summed E-state index contributed by atoms with van der Waals surface area (Å²) in [5.41, 5.74) is 5.39. The average Bonchev–Trinajstić information content (AvgIpc) is 2.15. The van der Waals surface area contributed by atoms with Crippen LogP contribution < -0.4 is 11.1 Å². The third kappa shape index (κ3) is 5.94. The highest BCUT2D eigenvalue weighted by Crippen LogP contribution is 2.03. The van der Waals surface area contributed by atoms with E-state index in [1.165, 1.54) is 7.11 Å². The van der Waals surface area contributed by atoms with E-state index in [1.54, 1.807) is 0 Å². The van der Waals surface area contributed by atoms with Crippen molar-refractivity contribution >= 4 is 5.97 Å². The predicted octanol–water partition coefficient (Wildman–Crippen LogP) is 0.655. The number of carbonyl (C=O) groups excluding carboxylic acids is 1. The van der Waals surface area contributed by atoms with Gasteiger partial charge in [0.2, 0.25) is 0 Å². The maximum absolute atomic E-state index is 11.3. The number of methoxy groups -OCH3 is 1. The van der Waals surface area contributed by atoms with Gasteiger partial charge in [-0.1, -0.05) is 20.3 Å². The minimum absolute atomic E-state index is 0.185. The number of hydrogen-bond acceptors (Lipinski definition) is 4. The summed E-state index contributed by atoms with van der Waals surface area (Å²) in [6, 6.07) is 0.100. The molecular weight excluding hydrogens is 180 g/mol. The molecule has 14 heavy (non-hydrogen) atoms. The van der Waals surface area contributed by atoms with Gasteiger partial charge in [-0.25, -0.2) is 0 Å². The SMILES string of the molecule is COC(=O)C(CCCCN)NC(C)C. The Hall–Kier alpha value is -0.610. The molecule has 1 unspecified atom stereocenters. The molecule has 0 aliphatic carbocycles. The fraction of sp³-hybridized carbons (Fsp3) is 0.900. The van der Waals surface area contributed by atoms with E-state index in [2.05, 4.69) is 5.32 Å². The van der Waals surface area contributed by atoms with Crippen LogP contribution in [0.2, 0.25) is 0 Å². The van der Waals surface area contributed by atoms with Crippen LogP contribution in [0.25, 0.3) is 0 Å². The summed E-state index contributed by atoms with van der Waals surface area (Å²) in [5, 5.41) is 3.17. The van der Waals surface area contributed by atoms with Crippen LogP contribution in [0.5, 0.6) is 0 Å². The molecule has 0 saturated heterocycles. The molecule has 1 atom stereocenters. The van der Waals surface area contributed by atoms with Crippen molar-refractivity contribution in [1.29, 1.82) is 0 Å². The molecule has 4 heteroatoms. The first-order valence-electron chi connectivity index (χ1n) is 5.15. The van der Waals surface area contributed by atoms with Crippen LogP contribution in [-0.2, 0) is 9.53 Å². The monoisotopic (exact) mass is 202 g/mol. The first kappa shape index (κ1) is 13.4. The molecule has 0 aromatic carbocycles. The molecule has 0 radical (unpaired) electrons. The van der Waals surface area contributed by atoms with Crippen LogP contribution in [0.3, 0.4) is 0 Å². The lowest BCUT2D eigenvalue weighted by Gasteiger charge is -2.18. The van der Waals surface area contributed by atoms with Crippen molar-refractivity contribution in [2.45, 2.75) is 45.2 Å². The lowest BCUT2D eigenvalue weighted by atomic mass is 10.1. The topological polar surface area (TPSA) is 64.3 Å². The fourth-order valence-electron chi connectivity index (χ4n) is 1.31. The van der Waals surface area contributed by atoms with Crippen molar-refractivity contribution in [2.75, 3.05) is 13.7 Å². The highest BCUT2D eigenvalue weighted by atomic mass is 16.5. The Morgan fingerprint density at radius 2 is 2.07 bits per heavy atom. The molecule has 0 spiro atoms. The van der Waals surface area contributed by atoms with Gasteiger partial charge in [-0.15, -0.1) is 0 Å². The Morgan fingerprint density at radius 1 is 1.43 bits per heavy atom. The van der Waals surface area contributed by atoms with Crippen molar-refractivity contribution in [2.24, 2.45) is 5.73 Å². The van der Waals surface area contributed by atoms with Gasteiger partial charge in [0.1, 0.15) is 6.04 Å². The summed E-state index contributed by atoms with van der Waals surface area (Å²) in [5.74, 6) is -0.185. The van der Waals surface area contributed by atoms with Crippen molar-refractivity contribution in [1.82, 2.24) is 5.32 Å². The largest absolute Gasteiger partial charge is 0.468 e. The van der Waals surface area contributed by atoms with Gasteiger partial charge in [0, 0.05) is 6.04 Å². The van der Waals surface area contributed by atoms with Gasteiger partial charge >= 0.3 is 5.97 Å². The van der Waals surface area contributed by atoms with Gasteiger partial charge in [-0.3, -0.25) is 4.79 Å². The highest BCUT2D eigenvalue weighted by Gasteiger charge is 2.18. The maximum atomic E-state index is 11.3. The zero-order valence-corrected chi connectivity index (χ0v) is 9.38. The highest BCUT2D eigenvalue weighted by molar-refractivity contribution is 5.75. The summed E-state index contributed by atoms with van der Waals surface area (Å²) < 4.78 is 4.71. The van der Waals surface area contributed by atoms with Gasteiger partial charge in [0.15, 0.2) is 0 Å². The molecule has 4 nitrogen and oxygen atoms in total. The molecule has 0 bridgehead atoms. The zero-order chi connectivity index (χ0) is 11.0. The summed E-state index contributed by atoms with van der Waals surface area (Å²) in [4.78, 5) is 11.3. The molecule has 0 amide bonds. The van der Waals surface area contributed by atoms with Gasteiger partial charge in [-0.05, 0) is 19.4 Å². The molecule has 0 aromatic heterocycles. The predicted molar refractivity (Wildman–Crippen MR) is 57.0 cm³/mol. The van der Waals surface area contributed by atoms with E-state index in [9.17, 15) is 4.79 Å². The number of nitrogens with one attached hydrogen (secondary N) is 1. The Balaban J connectivity index is 3.91. The van der Waals surface area contributed by atoms with Crippen molar-refractivity contribution in [3.63, 3.8) is 0 Å². The van der Waals surface area contributed by atoms with E-state index in [-0.39, 0.29) is 18.1 Å². The van der Waals surface area contributed by atoms with Crippen molar-refractivity contribution in [3.05, 3.63) is 0 Å². The van der Waals surface area contributed by atoms with Crippen LogP contribution in [-0.4, -0.2) is 31.7 Å². The number of hydrogen-bond donors (Lipinski definition) is 2. The zero-order valence-electron chi connectivity index (χ0n) is 9.38. The molecule has 3 N–H and O–H groups in total. The maximum Gasteiger partial charge on any atom is 0.322 e. The number of rotatable bonds is 7. The van der Waals surface area contributed by atoms with Gasteiger partial charge in [0.25, 0.3) is 0 Å². The van der Waals surface area contributed by atoms with E-state index in [1.807, 2.05) is 13.8 Å². The molecule has 84 valence electrons. The summed E-state index contributed by atoms with van der Waals surface area (Å²) in [6.45, 7) is 4.70. The van der Waals surface area contributed by atoms with Crippen LogP contribution in [0.15, 0.2) is 0 Å². The van der Waals surface area contributed by atoms with E-state index in [0.717, 1.165) is 19.3 Å². The summed E-state index contributed by atoms with van der Waals surface area (Å²) in [6.07, 6.45) is 2.70. The molecule has 0 heterocycles. The minimum atomic E-state index is -0.188. The molecule has 0 saturated carbocycles. The average molecular weight is 202 g/mol.